The summed E-state index contributed by atoms with van der Waals surface area (Å²) in [5.74, 6) is 1.78. The molecule has 0 aliphatic rings. The van der Waals surface area contributed by atoms with Crippen LogP contribution in [0.15, 0.2) is 47.0 Å². The van der Waals surface area contributed by atoms with Gasteiger partial charge in [-0.3, -0.25) is 0 Å². The second-order valence-corrected chi connectivity index (χ2v) is 7.53. The standard InChI is InChI=1S/C24H26N4O/c1-14-7-6-8-21(15(14)2)24-26-17(4)23(27-24)19-9-11-20(12-10-19)25-13-22-16(3)28-29-18(22)5/h6-12,25H,13H2,1-5H3,(H,26,27). The van der Waals surface area contributed by atoms with Crippen LogP contribution in [0.25, 0.3) is 22.6 Å². The van der Waals surface area contributed by atoms with Gasteiger partial charge in [0.15, 0.2) is 0 Å². The Morgan fingerprint density at radius 1 is 0.931 bits per heavy atom. The van der Waals surface area contributed by atoms with E-state index in [4.69, 9.17) is 9.51 Å². The molecule has 29 heavy (non-hydrogen) atoms. The highest BCUT2D eigenvalue weighted by molar-refractivity contribution is 5.70. The molecule has 148 valence electrons. The number of aromatic nitrogens is 3. The Hall–Kier alpha value is -3.34. The number of imidazole rings is 1. The van der Waals surface area contributed by atoms with Gasteiger partial charge < -0.3 is 14.8 Å². The SMILES string of the molecule is Cc1cccc(-c2nc(C)c(-c3ccc(NCc4c(C)noc4C)cc3)[nH]2)c1C. The fraction of sp³-hybridized carbons (Fsp3) is 0.250. The summed E-state index contributed by atoms with van der Waals surface area (Å²) in [5, 5.41) is 7.45. The van der Waals surface area contributed by atoms with E-state index in [0.29, 0.717) is 6.54 Å². The Kier molecular flexibility index (Phi) is 4.97. The summed E-state index contributed by atoms with van der Waals surface area (Å²) in [6, 6.07) is 14.7. The van der Waals surface area contributed by atoms with Crippen LogP contribution in [0.1, 0.15) is 33.8 Å². The first kappa shape index (κ1) is 19.0. The number of hydrogen-bond acceptors (Lipinski definition) is 4. The summed E-state index contributed by atoms with van der Waals surface area (Å²) in [4.78, 5) is 8.30. The number of hydrogen-bond donors (Lipinski definition) is 2. The molecule has 0 aliphatic heterocycles. The lowest BCUT2D eigenvalue weighted by Gasteiger charge is -2.07. The largest absolute Gasteiger partial charge is 0.381 e. The summed E-state index contributed by atoms with van der Waals surface area (Å²) >= 11 is 0. The van der Waals surface area contributed by atoms with Crippen LogP contribution >= 0.6 is 0 Å². The van der Waals surface area contributed by atoms with Crippen LogP contribution in [-0.4, -0.2) is 15.1 Å². The van der Waals surface area contributed by atoms with Crippen molar-refractivity contribution in [3.63, 3.8) is 0 Å². The summed E-state index contributed by atoms with van der Waals surface area (Å²) < 4.78 is 5.23. The van der Waals surface area contributed by atoms with Crippen molar-refractivity contribution in [2.75, 3.05) is 5.32 Å². The van der Waals surface area contributed by atoms with Crippen LogP contribution < -0.4 is 5.32 Å². The van der Waals surface area contributed by atoms with Crippen LogP contribution in [0.5, 0.6) is 0 Å². The Morgan fingerprint density at radius 2 is 1.69 bits per heavy atom. The number of nitrogens with zero attached hydrogens (tertiary/aromatic N) is 2. The molecule has 0 saturated carbocycles. The van der Waals surface area contributed by atoms with E-state index in [-0.39, 0.29) is 0 Å². The average molecular weight is 386 g/mol. The van der Waals surface area contributed by atoms with Gasteiger partial charge in [-0.15, -0.1) is 0 Å². The van der Waals surface area contributed by atoms with Crippen molar-refractivity contribution < 1.29 is 4.52 Å². The predicted octanol–water partition coefficient (Wildman–Crippen LogP) is 5.89. The first-order valence-corrected chi connectivity index (χ1v) is 9.83. The molecule has 2 aromatic carbocycles. The summed E-state index contributed by atoms with van der Waals surface area (Å²) in [5.41, 5.74) is 9.94. The molecule has 0 atom stereocenters. The van der Waals surface area contributed by atoms with Crippen molar-refractivity contribution in [1.82, 2.24) is 15.1 Å². The van der Waals surface area contributed by atoms with Crippen molar-refractivity contribution >= 4 is 5.69 Å². The first-order chi connectivity index (χ1) is 13.9. The maximum absolute atomic E-state index is 5.23. The molecule has 0 saturated heterocycles. The van der Waals surface area contributed by atoms with Crippen LogP contribution in [0.4, 0.5) is 5.69 Å². The molecule has 0 fully saturated rings. The fourth-order valence-corrected chi connectivity index (χ4v) is 3.58. The quantitative estimate of drug-likeness (QED) is 0.449. The molecule has 5 heteroatoms. The molecule has 0 spiro atoms. The molecule has 0 radical (unpaired) electrons. The molecular formula is C24H26N4O. The van der Waals surface area contributed by atoms with Gasteiger partial charge in [0.25, 0.3) is 0 Å². The van der Waals surface area contributed by atoms with E-state index in [1.165, 1.54) is 11.1 Å². The van der Waals surface area contributed by atoms with Gasteiger partial charge in [0.05, 0.1) is 17.1 Å². The monoisotopic (exact) mass is 386 g/mol. The average Bonchev–Trinajstić information content (AvgIpc) is 3.25. The Bertz CT molecular complexity index is 1130. The summed E-state index contributed by atoms with van der Waals surface area (Å²) in [6.07, 6.45) is 0. The molecule has 0 amide bonds. The van der Waals surface area contributed by atoms with Gasteiger partial charge in [-0.2, -0.15) is 0 Å². The lowest BCUT2D eigenvalue weighted by molar-refractivity contribution is 0.392. The molecule has 4 aromatic rings. The minimum atomic E-state index is 0.695. The number of benzene rings is 2. The number of nitrogens with one attached hydrogen (secondary N) is 2. The highest BCUT2D eigenvalue weighted by Crippen LogP contribution is 2.29. The third kappa shape index (κ3) is 3.68. The molecule has 0 unspecified atom stereocenters. The van der Waals surface area contributed by atoms with E-state index in [1.807, 2.05) is 20.8 Å². The van der Waals surface area contributed by atoms with E-state index >= 15 is 0 Å². The normalized spacial score (nSPS) is 11.1. The van der Waals surface area contributed by atoms with Gasteiger partial charge in [-0.05, 0) is 63.4 Å². The van der Waals surface area contributed by atoms with Crippen molar-refractivity contribution in [2.45, 2.75) is 41.2 Å². The number of aryl methyl sites for hydroxylation is 4. The molecule has 5 nitrogen and oxygen atoms in total. The van der Waals surface area contributed by atoms with Crippen molar-refractivity contribution in [3.8, 4) is 22.6 Å². The zero-order chi connectivity index (χ0) is 20.5. The maximum atomic E-state index is 5.23. The van der Waals surface area contributed by atoms with Crippen molar-refractivity contribution in [3.05, 3.63) is 76.3 Å². The zero-order valence-corrected chi connectivity index (χ0v) is 17.6. The van der Waals surface area contributed by atoms with Crippen molar-refractivity contribution in [1.29, 1.82) is 0 Å². The highest BCUT2D eigenvalue weighted by Gasteiger charge is 2.13. The van der Waals surface area contributed by atoms with E-state index in [9.17, 15) is 0 Å². The fourth-order valence-electron chi connectivity index (χ4n) is 3.58. The minimum absolute atomic E-state index is 0.695. The van der Waals surface area contributed by atoms with Crippen LogP contribution in [0, 0.1) is 34.6 Å². The maximum Gasteiger partial charge on any atom is 0.138 e. The second kappa shape index (κ2) is 7.59. The minimum Gasteiger partial charge on any atom is -0.381 e. The number of aromatic amines is 1. The molecule has 4 rings (SSSR count). The highest BCUT2D eigenvalue weighted by atomic mass is 16.5. The second-order valence-electron chi connectivity index (χ2n) is 7.53. The molecule has 0 aliphatic carbocycles. The van der Waals surface area contributed by atoms with E-state index < -0.39 is 0 Å². The Morgan fingerprint density at radius 3 is 2.38 bits per heavy atom. The third-order valence-electron chi connectivity index (χ3n) is 5.57. The number of rotatable bonds is 5. The topological polar surface area (TPSA) is 66.7 Å². The Balaban J connectivity index is 1.55. The Labute approximate surface area is 171 Å². The molecule has 2 heterocycles. The summed E-state index contributed by atoms with van der Waals surface area (Å²) in [6.45, 7) is 10.9. The molecular weight excluding hydrogens is 360 g/mol. The first-order valence-electron chi connectivity index (χ1n) is 9.83. The number of anilines is 1. The third-order valence-corrected chi connectivity index (χ3v) is 5.57. The van der Waals surface area contributed by atoms with Crippen LogP contribution in [0.3, 0.4) is 0 Å². The number of H-pyrrole nitrogens is 1. The molecule has 0 bridgehead atoms. The van der Waals surface area contributed by atoms with E-state index in [0.717, 1.165) is 51.0 Å². The van der Waals surface area contributed by atoms with Gasteiger partial charge in [-0.1, -0.05) is 35.5 Å². The van der Waals surface area contributed by atoms with E-state index in [2.05, 4.69) is 71.8 Å². The van der Waals surface area contributed by atoms with Crippen molar-refractivity contribution in [2.24, 2.45) is 0 Å². The lowest BCUT2D eigenvalue weighted by Crippen LogP contribution is -2.01. The van der Waals surface area contributed by atoms with Gasteiger partial charge in [0.1, 0.15) is 11.6 Å². The van der Waals surface area contributed by atoms with Gasteiger partial charge >= 0.3 is 0 Å². The van der Waals surface area contributed by atoms with Gasteiger partial charge in [-0.25, -0.2) is 4.98 Å². The van der Waals surface area contributed by atoms with Crippen LogP contribution in [-0.2, 0) is 6.54 Å². The van der Waals surface area contributed by atoms with Crippen LogP contribution in [0.2, 0.25) is 0 Å². The zero-order valence-electron chi connectivity index (χ0n) is 17.6. The molecule has 2 aromatic heterocycles. The van der Waals surface area contributed by atoms with E-state index in [1.54, 1.807) is 0 Å². The van der Waals surface area contributed by atoms with Gasteiger partial charge in [0.2, 0.25) is 0 Å². The predicted molar refractivity (Wildman–Crippen MR) is 117 cm³/mol. The summed E-state index contributed by atoms with van der Waals surface area (Å²) in [7, 11) is 0. The smallest absolute Gasteiger partial charge is 0.138 e. The lowest BCUT2D eigenvalue weighted by atomic mass is 10.0. The van der Waals surface area contributed by atoms with Gasteiger partial charge in [0, 0.05) is 23.4 Å². The molecule has 2 N–H and O–H groups in total.